The third-order valence-electron chi connectivity index (χ3n) is 5.25. The lowest BCUT2D eigenvalue weighted by Gasteiger charge is -2.37. The third kappa shape index (κ3) is 3.00. The Balaban J connectivity index is 1.99. The topological polar surface area (TPSA) is 41.5 Å². The van der Waals surface area contributed by atoms with Gasteiger partial charge in [0.2, 0.25) is 0 Å². The molecule has 0 aliphatic carbocycles. The Morgan fingerprint density at radius 3 is 2.71 bits per heavy atom. The highest BCUT2D eigenvalue weighted by Gasteiger charge is 2.35. The van der Waals surface area contributed by atoms with Crippen LogP contribution in [0.15, 0.2) is 42.5 Å². The van der Waals surface area contributed by atoms with Gasteiger partial charge in [0.25, 0.3) is 0 Å². The number of nitrogens with one attached hydrogen (secondary N) is 1. The predicted octanol–water partition coefficient (Wildman–Crippen LogP) is 5.61. The number of rotatable bonds is 3. The summed E-state index contributed by atoms with van der Waals surface area (Å²) in [6, 6.07) is 5.96. The van der Waals surface area contributed by atoms with E-state index < -0.39 is 17.7 Å². The highest BCUT2D eigenvalue weighted by molar-refractivity contribution is 5.89. The molecule has 2 N–H and O–H groups in total. The Labute approximate surface area is 163 Å². The molecule has 2 heterocycles. The van der Waals surface area contributed by atoms with Crippen molar-refractivity contribution in [2.45, 2.75) is 38.8 Å². The average Bonchev–Trinajstić information content (AvgIpc) is 2.60. The van der Waals surface area contributed by atoms with E-state index in [1.807, 2.05) is 19.1 Å². The van der Waals surface area contributed by atoms with Crippen molar-refractivity contribution in [3.63, 3.8) is 0 Å². The molecule has 0 fully saturated rings. The second-order valence-electron chi connectivity index (χ2n) is 8.11. The van der Waals surface area contributed by atoms with Crippen LogP contribution >= 0.6 is 0 Å². The third-order valence-corrected chi connectivity index (χ3v) is 5.25. The van der Waals surface area contributed by atoms with Gasteiger partial charge in [-0.1, -0.05) is 18.7 Å². The van der Waals surface area contributed by atoms with Crippen molar-refractivity contribution in [1.82, 2.24) is 0 Å². The maximum Gasteiger partial charge on any atom is 0.168 e. The molecule has 1 atom stereocenters. The molecule has 2 aromatic carbocycles. The zero-order valence-electron chi connectivity index (χ0n) is 16.2. The van der Waals surface area contributed by atoms with Crippen LogP contribution in [0, 0.1) is 11.6 Å². The van der Waals surface area contributed by atoms with Crippen LogP contribution in [0.3, 0.4) is 0 Å². The van der Waals surface area contributed by atoms with Crippen LogP contribution in [-0.2, 0) is 0 Å². The minimum Gasteiger partial charge on any atom is -0.482 e. The van der Waals surface area contributed by atoms with Gasteiger partial charge in [-0.05, 0) is 49.6 Å². The van der Waals surface area contributed by atoms with E-state index in [2.05, 4.69) is 31.8 Å². The van der Waals surface area contributed by atoms with Crippen LogP contribution in [0.2, 0.25) is 0 Å². The highest BCUT2D eigenvalue weighted by atomic mass is 19.1. The molecule has 146 valence electrons. The minimum atomic E-state index is -0.732. The number of allylic oxidation sites excluding steroid dienone is 1. The van der Waals surface area contributed by atoms with E-state index in [-0.39, 0.29) is 17.9 Å². The van der Waals surface area contributed by atoms with Crippen LogP contribution in [0.1, 0.15) is 44.4 Å². The van der Waals surface area contributed by atoms with Gasteiger partial charge < -0.3 is 15.2 Å². The van der Waals surface area contributed by atoms with Crippen LogP contribution in [0.4, 0.5) is 14.5 Å². The molecular weight excluding hydrogens is 360 g/mol. The molecule has 0 aromatic heterocycles. The first kappa shape index (κ1) is 18.7. The summed E-state index contributed by atoms with van der Waals surface area (Å²) < 4.78 is 34.5. The number of hydrogen-bond acceptors (Lipinski definition) is 3. The molecule has 2 aromatic rings. The Hall–Kier alpha value is -2.66. The molecular formula is C23H23F2NO2. The van der Waals surface area contributed by atoms with E-state index in [1.165, 1.54) is 6.07 Å². The zero-order chi connectivity index (χ0) is 20.2. The van der Waals surface area contributed by atoms with Gasteiger partial charge in [0.1, 0.15) is 11.9 Å². The SMILES string of the molecule is C=C(CO)CC1Oc2c(F)cc(F)cc2-c2ccc3c(c21)C(C)=CC(C)(C)N3. The molecule has 3 nitrogen and oxygen atoms in total. The molecule has 2 aliphatic rings. The Morgan fingerprint density at radius 2 is 2.00 bits per heavy atom. The van der Waals surface area contributed by atoms with Gasteiger partial charge in [-0.3, -0.25) is 0 Å². The van der Waals surface area contributed by atoms with Crippen LogP contribution in [-0.4, -0.2) is 17.3 Å². The Morgan fingerprint density at radius 1 is 1.25 bits per heavy atom. The molecule has 0 saturated carbocycles. The van der Waals surface area contributed by atoms with Crippen molar-refractivity contribution in [3.05, 3.63) is 65.3 Å². The molecule has 4 rings (SSSR count). The van der Waals surface area contributed by atoms with E-state index in [0.29, 0.717) is 17.6 Å². The molecule has 5 heteroatoms. The number of aliphatic hydroxyl groups is 1. The Bertz CT molecular complexity index is 1020. The molecule has 28 heavy (non-hydrogen) atoms. The van der Waals surface area contributed by atoms with Gasteiger partial charge in [-0.15, -0.1) is 0 Å². The quantitative estimate of drug-likeness (QED) is 0.677. The maximum absolute atomic E-state index is 14.5. The monoisotopic (exact) mass is 383 g/mol. The first-order chi connectivity index (χ1) is 13.2. The first-order valence-electron chi connectivity index (χ1n) is 9.28. The fourth-order valence-corrected chi connectivity index (χ4v) is 4.27. The van der Waals surface area contributed by atoms with Crippen molar-refractivity contribution < 1.29 is 18.6 Å². The summed E-state index contributed by atoms with van der Waals surface area (Å²) in [5.74, 6) is -1.34. The number of fused-ring (bicyclic) bond motifs is 5. The van der Waals surface area contributed by atoms with Gasteiger partial charge in [-0.2, -0.15) is 0 Å². The van der Waals surface area contributed by atoms with E-state index in [9.17, 15) is 13.9 Å². The predicted molar refractivity (Wildman–Crippen MR) is 107 cm³/mol. The largest absolute Gasteiger partial charge is 0.482 e. The van der Waals surface area contributed by atoms with Gasteiger partial charge in [0.05, 0.1) is 12.1 Å². The summed E-state index contributed by atoms with van der Waals surface area (Å²) in [4.78, 5) is 0. The van der Waals surface area contributed by atoms with Crippen molar-refractivity contribution in [3.8, 4) is 16.9 Å². The van der Waals surface area contributed by atoms with E-state index in [4.69, 9.17) is 4.74 Å². The summed E-state index contributed by atoms with van der Waals surface area (Å²) in [6.07, 6.45) is 1.95. The molecule has 1 unspecified atom stereocenters. The van der Waals surface area contributed by atoms with Crippen LogP contribution in [0.5, 0.6) is 5.75 Å². The minimum absolute atomic E-state index is 0.0373. The second kappa shape index (κ2) is 6.45. The van der Waals surface area contributed by atoms with Gasteiger partial charge in [-0.25, -0.2) is 8.78 Å². The summed E-state index contributed by atoms with van der Waals surface area (Å²) in [6.45, 7) is 9.89. The standard InChI is InChI=1S/C23H23F2NO2/c1-12(11-27)7-19-21-15(16-8-14(24)9-17(25)22(16)28-19)5-6-18-20(21)13(2)10-23(3,4)26-18/h5-6,8-10,19,26-27H,1,7,11H2,2-4H3. The number of ether oxygens (including phenoxy) is 1. The lowest BCUT2D eigenvalue weighted by atomic mass is 9.81. The number of halogens is 2. The number of hydrogen-bond donors (Lipinski definition) is 2. The number of aliphatic hydroxyl groups excluding tert-OH is 1. The summed E-state index contributed by atoms with van der Waals surface area (Å²) in [5.41, 5.74) is 5.38. The molecule has 0 bridgehead atoms. The number of anilines is 1. The van der Waals surface area contributed by atoms with Crippen LogP contribution < -0.4 is 10.1 Å². The lowest BCUT2D eigenvalue weighted by molar-refractivity contribution is 0.186. The molecule has 0 saturated heterocycles. The summed E-state index contributed by atoms with van der Waals surface area (Å²) in [7, 11) is 0. The van der Waals surface area contributed by atoms with E-state index >= 15 is 0 Å². The van der Waals surface area contributed by atoms with Crippen molar-refractivity contribution in [2.75, 3.05) is 11.9 Å². The highest BCUT2D eigenvalue weighted by Crippen LogP contribution is 2.51. The summed E-state index contributed by atoms with van der Waals surface area (Å²) in [5, 5.41) is 13.0. The molecule has 0 amide bonds. The van der Waals surface area contributed by atoms with Crippen molar-refractivity contribution >= 4 is 11.3 Å². The maximum atomic E-state index is 14.5. The van der Waals surface area contributed by atoms with E-state index in [1.54, 1.807) is 0 Å². The van der Waals surface area contributed by atoms with Gasteiger partial charge >= 0.3 is 0 Å². The fraction of sp³-hybridized carbons (Fsp3) is 0.304. The first-order valence-corrected chi connectivity index (χ1v) is 9.28. The van der Waals surface area contributed by atoms with Gasteiger partial charge in [0.15, 0.2) is 11.6 Å². The lowest BCUT2D eigenvalue weighted by Crippen LogP contribution is -2.32. The normalized spacial score (nSPS) is 18.8. The smallest absolute Gasteiger partial charge is 0.168 e. The molecule has 2 aliphatic heterocycles. The second-order valence-corrected chi connectivity index (χ2v) is 8.11. The molecule has 0 radical (unpaired) electrons. The average molecular weight is 383 g/mol. The zero-order valence-corrected chi connectivity index (χ0v) is 16.2. The van der Waals surface area contributed by atoms with Crippen molar-refractivity contribution in [2.24, 2.45) is 0 Å². The van der Waals surface area contributed by atoms with Gasteiger partial charge in [0, 0.05) is 34.9 Å². The van der Waals surface area contributed by atoms with Crippen molar-refractivity contribution in [1.29, 1.82) is 0 Å². The molecule has 0 spiro atoms. The van der Waals surface area contributed by atoms with Crippen LogP contribution in [0.25, 0.3) is 16.7 Å². The summed E-state index contributed by atoms with van der Waals surface area (Å²) >= 11 is 0. The fourth-order valence-electron chi connectivity index (χ4n) is 4.27. The van der Waals surface area contributed by atoms with E-state index in [0.717, 1.165) is 34.0 Å². The number of benzene rings is 2. The Kier molecular flexibility index (Phi) is 4.31.